The van der Waals surface area contributed by atoms with Crippen LogP contribution in [0.3, 0.4) is 0 Å². The molecule has 1 saturated carbocycles. The number of rotatable bonds is 3. The van der Waals surface area contributed by atoms with Crippen molar-refractivity contribution in [3.8, 4) is 22.4 Å². The number of pyridine rings is 2. The Balaban J connectivity index is 1.34. The van der Waals surface area contributed by atoms with Crippen molar-refractivity contribution in [2.24, 2.45) is 0 Å². The molecule has 3 aromatic heterocycles. The number of nitrogens with zero attached hydrogens (tertiary/aromatic N) is 5. The van der Waals surface area contributed by atoms with E-state index in [4.69, 9.17) is 17.3 Å². The third-order valence-electron chi connectivity index (χ3n) is 7.08. The summed E-state index contributed by atoms with van der Waals surface area (Å²) >= 11 is 6.30. The van der Waals surface area contributed by atoms with E-state index in [0.29, 0.717) is 51.0 Å². The summed E-state index contributed by atoms with van der Waals surface area (Å²) in [4.78, 5) is 11.3. The maximum absolute atomic E-state index is 14.1. The molecule has 1 aliphatic carbocycles. The van der Waals surface area contributed by atoms with Gasteiger partial charge in [-0.25, -0.2) is 9.37 Å². The third-order valence-corrected chi connectivity index (χ3v) is 7.41. The van der Waals surface area contributed by atoms with Gasteiger partial charge in [-0.2, -0.15) is 5.10 Å². The molecular formula is C24H22ClFN6. The van der Waals surface area contributed by atoms with Crippen LogP contribution in [0.25, 0.3) is 33.2 Å². The molecule has 3 aliphatic rings. The molecule has 0 spiro atoms. The molecule has 2 atom stereocenters. The Morgan fingerprint density at radius 1 is 0.969 bits per heavy atom. The Morgan fingerprint density at radius 2 is 1.75 bits per heavy atom. The Bertz CT molecular complexity index is 1340. The van der Waals surface area contributed by atoms with Gasteiger partial charge in [-0.05, 0) is 50.6 Å². The lowest BCUT2D eigenvalue weighted by atomic mass is 9.77. The number of hydrogen-bond donors (Lipinski definition) is 1. The highest BCUT2D eigenvalue weighted by molar-refractivity contribution is 6.35. The monoisotopic (exact) mass is 448 g/mol. The molecule has 2 saturated heterocycles. The first kappa shape index (κ1) is 19.6. The third kappa shape index (κ3) is 3.07. The first-order chi connectivity index (χ1) is 15.5. The molecule has 2 bridgehead atoms. The van der Waals surface area contributed by atoms with Crippen molar-refractivity contribution in [3.05, 3.63) is 59.9 Å². The molecule has 2 N–H and O–H groups in total. The summed E-state index contributed by atoms with van der Waals surface area (Å²) in [7, 11) is 2.22. The zero-order chi connectivity index (χ0) is 22.0. The maximum atomic E-state index is 14.1. The predicted octanol–water partition coefficient (Wildman–Crippen LogP) is 4.94. The second kappa shape index (κ2) is 7.25. The van der Waals surface area contributed by atoms with Crippen LogP contribution in [-0.2, 0) is 0 Å². The Labute approximate surface area is 189 Å². The fraction of sp³-hybridized carbons (Fsp3) is 0.292. The molecule has 8 heteroatoms. The van der Waals surface area contributed by atoms with Crippen LogP contribution in [0.2, 0.25) is 5.02 Å². The van der Waals surface area contributed by atoms with Crippen LogP contribution in [-0.4, -0.2) is 43.8 Å². The standard InChI is InChI=1S/C24H22ClFN6/c1-31-15-5-16(31)7-17(6-15)32-12-14(10-30-32)13-4-19(24(27)29-9-13)23-8-18-20(11-28-23)22(26)3-2-21(18)25/h2-4,8-12,15-17H,5-7H2,1H3,(H2,27,29). The van der Waals surface area contributed by atoms with Gasteiger partial charge in [-0.3, -0.25) is 9.67 Å². The normalized spacial score (nSPS) is 22.8. The lowest BCUT2D eigenvalue weighted by Crippen LogP contribution is -2.58. The number of fused-ring (bicyclic) bond motifs is 3. The highest BCUT2D eigenvalue weighted by Crippen LogP contribution is 2.42. The van der Waals surface area contributed by atoms with Gasteiger partial charge < -0.3 is 10.6 Å². The van der Waals surface area contributed by atoms with Crippen LogP contribution in [0.4, 0.5) is 10.2 Å². The second-order valence-corrected chi connectivity index (χ2v) is 9.25. The van der Waals surface area contributed by atoms with E-state index in [0.717, 1.165) is 24.0 Å². The number of aromatic nitrogens is 4. The minimum absolute atomic E-state index is 0.357. The number of benzene rings is 1. The van der Waals surface area contributed by atoms with E-state index in [1.807, 2.05) is 12.3 Å². The number of halogens is 2. The molecule has 4 aromatic rings. The molecular weight excluding hydrogens is 427 g/mol. The van der Waals surface area contributed by atoms with Gasteiger partial charge in [0.05, 0.1) is 17.9 Å². The van der Waals surface area contributed by atoms with E-state index in [-0.39, 0.29) is 5.82 Å². The predicted molar refractivity (Wildman–Crippen MR) is 124 cm³/mol. The lowest BCUT2D eigenvalue weighted by molar-refractivity contribution is -0.0287. The van der Waals surface area contributed by atoms with Gasteiger partial charge >= 0.3 is 0 Å². The maximum Gasteiger partial charge on any atom is 0.132 e. The van der Waals surface area contributed by atoms with Gasteiger partial charge in [-0.1, -0.05) is 11.6 Å². The van der Waals surface area contributed by atoms with E-state index >= 15 is 0 Å². The summed E-state index contributed by atoms with van der Waals surface area (Å²) < 4.78 is 16.2. The summed E-state index contributed by atoms with van der Waals surface area (Å²) in [5, 5.41) is 6.08. The van der Waals surface area contributed by atoms with Gasteiger partial charge in [-0.15, -0.1) is 0 Å². The minimum Gasteiger partial charge on any atom is -0.383 e. The molecule has 3 fully saturated rings. The van der Waals surface area contributed by atoms with Gasteiger partial charge in [0.2, 0.25) is 0 Å². The Morgan fingerprint density at radius 3 is 2.53 bits per heavy atom. The lowest BCUT2D eigenvalue weighted by Gasteiger charge is -2.53. The van der Waals surface area contributed by atoms with Gasteiger partial charge in [0.1, 0.15) is 11.6 Å². The molecule has 162 valence electrons. The van der Waals surface area contributed by atoms with Gasteiger partial charge in [0.25, 0.3) is 0 Å². The quantitative estimate of drug-likeness (QED) is 0.480. The first-order valence-electron chi connectivity index (χ1n) is 10.7. The van der Waals surface area contributed by atoms with Crippen molar-refractivity contribution in [2.75, 3.05) is 12.8 Å². The van der Waals surface area contributed by atoms with Crippen LogP contribution in [0, 0.1) is 5.82 Å². The summed E-state index contributed by atoms with van der Waals surface area (Å²) in [6, 6.07) is 8.38. The highest BCUT2D eigenvalue weighted by Gasteiger charge is 2.43. The zero-order valence-corrected chi connectivity index (χ0v) is 18.3. The van der Waals surface area contributed by atoms with Crippen molar-refractivity contribution >= 4 is 28.2 Å². The fourth-order valence-electron chi connectivity index (χ4n) is 5.11. The molecule has 6 nitrogen and oxygen atoms in total. The second-order valence-electron chi connectivity index (χ2n) is 8.84. The summed E-state index contributed by atoms with van der Waals surface area (Å²) in [5.74, 6) is -0.00169. The molecule has 2 aliphatic heterocycles. The smallest absolute Gasteiger partial charge is 0.132 e. The van der Waals surface area contributed by atoms with Crippen molar-refractivity contribution < 1.29 is 4.39 Å². The van der Waals surface area contributed by atoms with Crippen LogP contribution in [0.5, 0.6) is 0 Å². The summed E-state index contributed by atoms with van der Waals surface area (Å²) in [6.07, 6.45) is 10.8. The van der Waals surface area contributed by atoms with Crippen molar-refractivity contribution in [1.82, 2.24) is 24.6 Å². The molecule has 0 amide bonds. The summed E-state index contributed by atoms with van der Waals surface area (Å²) in [6.45, 7) is 0. The highest BCUT2D eigenvalue weighted by atomic mass is 35.5. The first-order valence-corrected chi connectivity index (χ1v) is 11.1. The molecule has 7 rings (SSSR count). The molecule has 32 heavy (non-hydrogen) atoms. The fourth-order valence-corrected chi connectivity index (χ4v) is 5.33. The average molecular weight is 449 g/mol. The van der Waals surface area contributed by atoms with Crippen molar-refractivity contribution in [3.63, 3.8) is 0 Å². The topological polar surface area (TPSA) is 72.9 Å². The van der Waals surface area contributed by atoms with E-state index < -0.39 is 0 Å². The van der Waals surface area contributed by atoms with E-state index in [9.17, 15) is 4.39 Å². The van der Waals surface area contributed by atoms with E-state index in [2.05, 4.69) is 37.9 Å². The van der Waals surface area contributed by atoms with E-state index in [1.165, 1.54) is 18.7 Å². The SMILES string of the molecule is CN1C2CC1CC(n1cc(-c3cnc(N)c(-c4cc5c(Cl)ccc(F)c5cn4)c3)cn1)C2. The Kier molecular flexibility index (Phi) is 4.45. The van der Waals surface area contributed by atoms with Gasteiger partial charge in [0, 0.05) is 63.2 Å². The molecule has 5 heterocycles. The van der Waals surface area contributed by atoms with Crippen LogP contribution in [0.15, 0.2) is 49.1 Å². The number of nitrogens with two attached hydrogens (primary N) is 1. The van der Waals surface area contributed by atoms with E-state index in [1.54, 1.807) is 18.3 Å². The minimum atomic E-state index is -0.359. The van der Waals surface area contributed by atoms with Crippen LogP contribution >= 0.6 is 11.6 Å². The average Bonchev–Trinajstić information content (AvgIpc) is 3.32. The van der Waals surface area contributed by atoms with Crippen molar-refractivity contribution in [2.45, 2.75) is 37.4 Å². The largest absolute Gasteiger partial charge is 0.383 e. The number of anilines is 1. The molecule has 2 unspecified atom stereocenters. The van der Waals surface area contributed by atoms with Crippen LogP contribution in [0.1, 0.15) is 25.3 Å². The number of piperidine rings is 1. The number of nitrogen functional groups attached to an aromatic ring is 1. The summed E-state index contributed by atoms with van der Waals surface area (Å²) in [5.41, 5.74) is 9.35. The number of hydrogen-bond acceptors (Lipinski definition) is 5. The molecule has 0 radical (unpaired) electrons. The van der Waals surface area contributed by atoms with Gasteiger partial charge in [0.15, 0.2) is 0 Å². The van der Waals surface area contributed by atoms with Crippen molar-refractivity contribution in [1.29, 1.82) is 0 Å². The zero-order valence-electron chi connectivity index (χ0n) is 17.5. The van der Waals surface area contributed by atoms with Crippen LogP contribution < -0.4 is 5.73 Å². The Hall–Kier alpha value is -3.03. The molecule has 1 aromatic carbocycles.